The Bertz CT molecular complexity index is 638. The Kier molecular flexibility index (Phi) is 5.41. The van der Waals surface area contributed by atoms with E-state index in [0.29, 0.717) is 22.8 Å². The molecule has 0 aliphatic rings. The number of benzene rings is 2. The molecule has 3 nitrogen and oxygen atoms in total. The highest BCUT2D eigenvalue weighted by atomic mass is 35.5. The molecule has 2 aromatic carbocycles. The minimum absolute atomic E-state index is 0.410. The third kappa shape index (κ3) is 4.36. The number of methoxy groups -OCH3 is 1. The zero-order valence-corrected chi connectivity index (χ0v) is 12.4. The van der Waals surface area contributed by atoms with Crippen molar-refractivity contribution in [1.29, 1.82) is 0 Å². The van der Waals surface area contributed by atoms with Gasteiger partial charge in [-0.3, -0.25) is 0 Å². The second-order valence-electron chi connectivity index (χ2n) is 4.38. The van der Waals surface area contributed by atoms with Crippen molar-refractivity contribution in [1.82, 2.24) is 0 Å². The van der Waals surface area contributed by atoms with Crippen LogP contribution in [0.5, 0.6) is 0 Å². The highest BCUT2D eigenvalue weighted by Crippen LogP contribution is 2.21. The molecule has 2 aromatic rings. The van der Waals surface area contributed by atoms with Crippen LogP contribution in [0.1, 0.15) is 15.9 Å². The van der Waals surface area contributed by atoms with E-state index in [4.69, 9.17) is 16.3 Å². The van der Waals surface area contributed by atoms with Crippen LogP contribution in [0, 0.1) is 0 Å². The number of rotatable bonds is 5. The minimum Gasteiger partial charge on any atom is -0.465 e. The van der Waals surface area contributed by atoms with E-state index in [-0.39, 0.29) is 0 Å². The number of halogens is 1. The van der Waals surface area contributed by atoms with Crippen molar-refractivity contribution in [3.63, 3.8) is 0 Å². The molecule has 4 heteroatoms. The van der Waals surface area contributed by atoms with Crippen LogP contribution in [0.25, 0.3) is 6.08 Å². The fourth-order valence-corrected chi connectivity index (χ4v) is 2.05. The number of hydrogen-bond acceptors (Lipinski definition) is 3. The standard InChI is InChI=1S/C17H16ClNO2/c1-21-17(20)15-12-14(18)9-10-16(15)19-11-5-8-13-6-3-2-4-7-13/h2-10,12,19H,11H2,1H3/b8-5+. The summed E-state index contributed by atoms with van der Waals surface area (Å²) in [5, 5.41) is 3.68. The number of hydrogen-bond donors (Lipinski definition) is 1. The quantitative estimate of drug-likeness (QED) is 0.839. The Balaban J connectivity index is 2.03. The van der Waals surface area contributed by atoms with Gasteiger partial charge >= 0.3 is 5.97 Å². The second-order valence-corrected chi connectivity index (χ2v) is 4.81. The van der Waals surface area contributed by atoms with E-state index in [2.05, 4.69) is 5.32 Å². The van der Waals surface area contributed by atoms with E-state index in [1.807, 2.05) is 42.5 Å². The van der Waals surface area contributed by atoms with Crippen molar-refractivity contribution in [3.05, 3.63) is 70.8 Å². The fourth-order valence-electron chi connectivity index (χ4n) is 1.88. The molecule has 0 bridgehead atoms. The molecule has 0 unspecified atom stereocenters. The van der Waals surface area contributed by atoms with Gasteiger partial charge in [-0.25, -0.2) is 4.79 Å². The van der Waals surface area contributed by atoms with Crippen LogP contribution in [-0.4, -0.2) is 19.6 Å². The van der Waals surface area contributed by atoms with Crippen molar-refractivity contribution in [2.45, 2.75) is 0 Å². The molecule has 2 rings (SSSR count). The number of carbonyl (C=O) groups excluding carboxylic acids is 1. The summed E-state index contributed by atoms with van der Waals surface area (Å²) in [6.45, 7) is 0.598. The predicted molar refractivity (Wildman–Crippen MR) is 86.8 cm³/mol. The molecule has 0 heterocycles. The van der Waals surface area contributed by atoms with Gasteiger partial charge in [0.2, 0.25) is 0 Å². The summed E-state index contributed by atoms with van der Waals surface area (Å²) in [6, 6.07) is 15.1. The van der Waals surface area contributed by atoms with Crippen LogP contribution in [0.2, 0.25) is 5.02 Å². The van der Waals surface area contributed by atoms with Crippen LogP contribution in [0.15, 0.2) is 54.6 Å². The lowest BCUT2D eigenvalue weighted by atomic mass is 10.1. The van der Waals surface area contributed by atoms with Gasteiger partial charge in [0.1, 0.15) is 0 Å². The molecule has 0 atom stereocenters. The zero-order chi connectivity index (χ0) is 15.1. The fraction of sp³-hybridized carbons (Fsp3) is 0.118. The van der Waals surface area contributed by atoms with Gasteiger partial charge in [0.05, 0.1) is 12.7 Å². The molecular formula is C17H16ClNO2. The van der Waals surface area contributed by atoms with Crippen molar-refractivity contribution in [3.8, 4) is 0 Å². The molecular weight excluding hydrogens is 286 g/mol. The Hall–Kier alpha value is -2.26. The van der Waals surface area contributed by atoms with Crippen molar-refractivity contribution < 1.29 is 9.53 Å². The minimum atomic E-state index is -0.410. The zero-order valence-electron chi connectivity index (χ0n) is 11.7. The summed E-state index contributed by atoms with van der Waals surface area (Å²) in [7, 11) is 1.35. The van der Waals surface area contributed by atoms with E-state index in [1.54, 1.807) is 18.2 Å². The monoisotopic (exact) mass is 301 g/mol. The predicted octanol–water partition coefficient (Wildman–Crippen LogP) is 4.25. The Morgan fingerprint density at radius 3 is 2.71 bits per heavy atom. The lowest BCUT2D eigenvalue weighted by Crippen LogP contribution is -2.08. The lowest BCUT2D eigenvalue weighted by Gasteiger charge is -2.09. The number of carbonyl (C=O) groups is 1. The third-order valence-electron chi connectivity index (χ3n) is 2.91. The van der Waals surface area contributed by atoms with Gasteiger partial charge < -0.3 is 10.1 Å². The molecule has 0 saturated heterocycles. The lowest BCUT2D eigenvalue weighted by molar-refractivity contribution is 0.0602. The number of esters is 1. The average molecular weight is 302 g/mol. The first-order chi connectivity index (χ1) is 10.2. The maximum Gasteiger partial charge on any atom is 0.340 e. The molecule has 0 aliphatic carbocycles. The SMILES string of the molecule is COC(=O)c1cc(Cl)ccc1NC/C=C/c1ccccc1. The highest BCUT2D eigenvalue weighted by molar-refractivity contribution is 6.31. The van der Waals surface area contributed by atoms with E-state index < -0.39 is 5.97 Å². The number of ether oxygens (including phenoxy) is 1. The molecule has 0 spiro atoms. The normalized spacial score (nSPS) is 10.6. The smallest absolute Gasteiger partial charge is 0.340 e. The molecule has 0 fully saturated rings. The van der Waals surface area contributed by atoms with Gasteiger partial charge in [-0.2, -0.15) is 0 Å². The maximum atomic E-state index is 11.7. The van der Waals surface area contributed by atoms with Gasteiger partial charge in [0.25, 0.3) is 0 Å². The van der Waals surface area contributed by atoms with Crippen LogP contribution in [0.4, 0.5) is 5.69 Å². The summed E-state index contributed by atoms with van der Waals surface area (Å²) < 4.78 is 4.75. The van der Waals surface area contributed by atoms with Crippen molar-refractivity contribution in [2.75, 3.05) is 19.0 Å². The van der Waals surface area contributed by atoms with E-state index in [9.17, 15) is 4.79 Å². The van der Waals surface area contributed by atoms with Crippen LogP contribution in [0.3, 0.4) is 0 Å². The maximum absolute atomic E-state index is 11.7. The summed E-state index contributed by atoms with van der Waals surface area (Å²) in [4.78, 5) is 11.7. The average Bonchev–Trinajstić information content (AvgIpc) is 2.53. The molecule has 108 valence electrons. The molecule has 0 amide bonds. The first-order valence-corrected chi connectivity index (χ1v) is 6.92. The largest absolute Gasteiger partial charge is 0.465 e. The first kappa shape index (κ1) is 15.1. The van der Waals surface area contributed by atoms with E-state index in [1.165, 1.54) is 7.11 Å². The Morgan fingerprint density at radius 2 is 2.00 bits per heavy atom. The molecule has 0 radical (unpaired) electrons. The van der Waals surface area contributed by atoms with Crippen molar-refractivity contribution >= 4 is 29.3 Å². The summed E-state index contributed by atoms with van der Waals surface area (Å²) in [5.74, 6) is -0.410. The summed E-state index contributed by atoms with van der Waals surface area (Å²) in [6.07, 6.45) is 4.01. The number of nitrogens with one attached hydrogen (secondary N) is 1. The third-order valence-corrected chi connectivity index (χ3v) is 3.14. The molecule has 0 aliphatic heterocycles. The first-order valence-electron chi connectivity index (χ1n) is 6.54. The van der Waals surface area contributed by atoms with Crippen molar-refractivity contribution in [2.24, 2.45) is 0 Å². The van der Waals surface area contributed by atoms with E-state index in [0.717, 1.165) is 5.56 Å². The van der Waals surface area contributed by atoms with Gasteiger partial charge in [0.15, 0.2) is 0 Å². The van der Waals surface area contributed by atoms with Crippen LogP contribution < -0.4 is 5.32 Å². The van der Waals surface area contributed by atoms with Gasteiger partial charge in [0, 0.05) is 17.3 Å². The topological polar surface area (TPSA) is 38.3 Å². The Labute approximate surface area is 129 Å². The molecule has 0 aromatic heterocycles. The summed E-state index contributed by atoms with van der Waals surface area (Å²) >= 11 is 5.91. The Morgan fingerprint density at radius 1 is 1.24 bits per heavy atom. The van der Waals surface area contributed by atoms with Gasteiger partial charge in [-0.05, 0) is 23.8 Å². The van der Waals surface area contributed by atoms with Crippen LogP contribution >= 0.6 is 11.6 Å². The van der Waals surface area contributed by atoms with Gasteiger partial charge in [-0.1, -0.05) is 54.1 Å². The van der Waals surface area contributed by atoms with Gasteiger partial charge in [-0.15, -0.1) is 0 Å². The summed E-state index contributed by atoms with van der Waals surface area (Å²) in [5.41, 5.74) is 2.26. The second kappa shape index (κ2) is 7.50. The molecule has 1 N–H and O–H groups in total. The molecule has 21 heavy (non-hydrogen) atoms. The van der Waals surface area contributed by atoms with E-state index >= 15 is 0 Å². The highest BCUT2D eigenvalue weighted by Gasteiger charge is 2.11. The van der Waals surface area contributed by atoms with Crippen LogP contribution in [-0.2, 0) is 4.74 Å². The number of anilines is 1. The molecule has 0 saturated carbocycles.